The van der Waals surface area contributed by atoms with Gasteiger partial charge in [0.2, 0.25) is 0 Å². The van der Waals surface area contributed by atoms with Gasteiger partial charge in [0.1, 0.15) is 17.8 Å². The first-order valence-corrected chi connectivity index (χ1v) is 19.3. The SMILES string of the molecule is [c-]1n(-c2cccc(Oc3cccc(-c4cc(-c5ccc(-c6ccccc6)cc5)ncn4)c3)c2)c2ccccc2[n+]1-c1c(-c2ccccc2)cccc1-c1ccccc1. The van der Waals surface area contributed by atoms with Gasteiger partial charge < -0.3 is 4.74 Å². The van der Waals surface area contributed by atoms with Gasteiger partial charge in [-0.25, -0.2) is 9.97 Å². The quantitative estimate of drug-likeness (QED) is 0.109. The Bertz CT molecular complexity index is 2960. The van der Waals surface area contributed by atoms with Crippen molar-refractivity contribution in [3.05, 3.63) is 225 Å². The van der Waals surface area contributed by atoms with Crippen LogP contribution in [0.25, 0.3) is 78.3 Å². The third kappa shape index (κ3) is 6.82. The zero-order valence-electron chi connectivity index (χ0n) is 31.5. The fourth-order valence-corrected chi connectivity index (χ4v) is 7.58. The Morgan fingerprint density at radius 1 is 0.414 bits per heavy atom. The van der Waals surface area contributed by atoms with Gasteiger partial charge in [-0.1, -0.05) is 176 Å². The van der Waals surface area contributed by atoms with Crippen LogP contribution < -0.4 is 9.30 Å². The molecule has 10 rings (SSSR count). The van der Waals surface area contributed by atoms with Gasteiger partial charge in [0.15, 0.2) is 0 Å². The van der Waals surface area contributed by atoms with Crippen LogP contribution in [-0.2, 0) is 0 Å². The maximum absolute atomic E-state index is 6.55. The van der Waals surface area contributed by atoms with Crippen molar-refractivity contribution in [2.45, 2.75) is 0 Å². The summed E-state index contributed by atoms with van der Waals surface area (Å²) in [6.07, 6.45) is 5.38. The van der Waals surface area contributed by atoms with Crippen molar-refractivity contribution in [2.24, 2.45) is 0 Å². The van der Waals surface area contributed by atoms with Gasteiger partial charge in [-0.05, 0) is 69.8 Å². The molecule has 2 aromatic heterocycles. The molecule has 2 heterocycles. The summed E-state index contributed by atoms with van der Waals surface area (Å²) in [5.74, 6) is 1.42. The fraction of sp³-hybridized carbons (Fsp3) is 0. The molecule has 0 radical (unpaired) electrons. The lowest BCUT2D eigenvalue weighted by Crippen LogP contribution is -2.31. The van der Waals surface area contributed by atoms with E-state index in [1.54, 1.807) is 6.33 Å². The van der Waals surface area contributed by atoms with Crippen molar-refractivity contribution in [1.82, 2.24) is 14.5 Å². The minimum absolute atomic E-state index is 0.711. The number of para-hydroxylation sites is 3. The number of imidazole rings is 1. The molecule has 0 aliphatic carbocycles. The highest BCUT2D eigenvalue weighted by Gasteiger charge is 2.19. The Hall–Kier alpha value is -7.89. The Morgan fingerprint density at radius 3 is 1.62 bits per heavy atom. The third-order valence-corrected chi connectivity index (χ3v) is 10.4. The van der Waals surface area contributed by atoms with E-state index in [9.17, 15) is 0 Å². The Kier molecular flexibility index (Phi) is 9.14. The van der Waals surface area contributed by atoms with Gasteiger partial charge in [-0.2, -0.15) is 0 Å². The molecule has 0 saturated heterocycles. The molecule has 0 unspecified atom stereocenters. The first-order chi connectivity index (χ1) is 28.7. The topological polar surface area (TPSA) is 43.8 Å². The predicted octanol–water partition coefficient (Wildman–Crippen LogP) is 12.6. The van der Waals surface area contributed by atoms with E-state index in [0.29, 0.717) is 11.5 Å². The number of ether oxygens (including phenoxy) is 1. The maximum Gasteiger partial charge on any atom is 0.269 e. The van der Waals surface area contributed by atoms with E-state index in [-0.39, 0.29) is 0 Å². The molecule has 0 amide bonds. The summed E-state index contributed by atoms with van der Waals surface area (Å²) in [4.78, 5) is 9.23. The second-order valence-corrected chi connectivity index (χ2v) is 14.1. The molecule has 10 aromatic rings. The second-order valence-electron chi connectivity index (χ2n) is 14.1. The van der Waals surface area contributed by atoms with Crippen molar-refractivity contribution < 1.29 is 9.30 Å². The van der Waals surface area contributed by atoms with Gasteiger partial charge in [0, 0.05) is 11.1 Å². The third-order valence-electron chi connectivity index (χ3n) is 10.4. The number of fused-ring (bicyclic) bond motifs is 1. The lowest BCUT2D eigenvalue weighted by Gasteiger charge is -2.17. The lowest BCUT2D eigenvalue weighted by molar-refractivity contribution is -0.571. The molecule has 0 fully saturated rings. The molecule has 0 saturated carbocycles. The summed E-state index contributed by atoms with van der Waals surface area (Å²) in [5, 5.41) is 0. The summed E-state index contributed by atoms with van der Waals surface area (Å²) in [6.45, 7) is 0. The number of hydrogen-bond donors (Lipinski definition) is 0. The summed E-state index contributed by atoms with van der Waals surface area (Å²) >= 11 is 0. The first kappa shape index (κ1) is 34.6. The molecule has 0 aliphatic heterocycles. The molecule has 8 aromatic carbocycles. The van der Waals surface area contributed by atoms with Crippen LogP contribution in [0.15, 0.2) is 219 Å². The molecule has 5 nitrogen and oxygen atoms in total. The van der Waals surface area contributed by atoms with Crippen LogP contribution in [0.5, 0.6) is 11.5 Å². The molecule has 58 heavy (non-hydrogen) atoms. The second kappa shape index (κ2) is 15.3. The predicted molar refractivity (Wildman–Crippen MR) is 233 cm³/mol. The number of aromatic nitrogens is 4. The van der Waals surface area contributed by atoms with E-state index in [0.717, 1.165) is 67.2 Å². The Morgan fingerprint density at radius 2 is 0.931 bits per heavy atom. The van der Waals surface area contributed by atoms with Crippen molar-refractivity contribution >= 4 is 11.0 Å². The molecular weight excluding hydrogens is 709 g/mol. The average molecular weight is 745 g/mol. The zero-order valence-corrected chi connectivity index (χ0v) is 31.5. The molecular formula is C53H36N4O. The van der Waals surface area contributed by atoms with Crippen molar-refractivity contribution in [3.63, 3.8) is 0 Å². The van der Waals surface area contributed by atoms with Crippen LogP contribution in [0, 0.1) is 6.33 Å². The van der Waals surface area contributed by atoms with Crippen LogP contribution in [0.2, 0.25) is 0 Å². The van der Waals surface area contributed by atoms with Crippen molar-refractivity contribution in [1.29, 1.82) is 0 Å². The standard InChI is InChI=1S/C53H36N4O/c1-4-15-38(16-5-1)39-29-31-42(32-30-39)49-35-50(55-36-54-49)43-21-12-23-45(33-43)58-46-24-13-22-44(34-46)56-37-57(52-28-11-10-27-51(52)56)53-47(40-17-6-2-7-18-40)25-14-26-48(53)41-19-8-3-9-20-41/h1-36H. The number of nitrogens with zero attached hydrogens (tertiary/aromatic N) is 4. The van der Waals surface area contributed by atoms with Crippen LogP contribution in [0.3, 0.4) is 0 Å². The molecule has 5 heteroatoms. The minimum Gasteiger partial charge on any atom is -0.458 e. The van der Waals surface area contributed by atoms with Crippen molar-refractivity contribution in [2.75, 3.05) is 0 Å². The van der Waals surface area contributed by atoms with E-state index < -0.39 is 0 Å². The summed E-state index contributed by atoms with van der Waals surface area (Å²) in [6, 6.07) is 73.2. The fourth-order valence-electron chi connectivity index (χ4n) is 7.58. The lowest BCUT2D eigenvalue weighted by atomic mass is 9.95. The summed E-state index contributed by atoms with van der Waals surface area (Å²) in [7, 11) is 0. The van der Waals surface area contributed by atoms with Crippen LogP contribution in [0.1, 0.15) is 0 Å². The van der Waals surface area contributed by atoms with Crippen molar-refractivity contribution in [3.8, 4) is 78.8 Å². The largest absolute Gasteiger partial charge is 0.458 e. The molecule has 0 atom stereocenters. The van der Waals surface area contributed by atoms with Gasteiger partial charge >= 0.3 is 0 Å². The maximum atomic E-state index is 6.55. The van der Waals surface area contributed by atoms with Crippen LogP contribution >= 0.6 is 0 Å². The highest BCUT2D eigenvalue weighted by atomic mass is 16.5. The zero-order chi connectivity index (χ0) is 38.7. The van der Waals surface area contributed by atoms with E-state index in [2.05, 4.69) is 189 Å². The van der Waals surface area contributed by atoms with Gasteiger partial charge in [0.05, 0.1) is 33.8 Å². The van der Waals surface area contributed by atoms with Gasteiger partial charge in [0.25, 0.3) is 6.33 Å². The summed E-state index contributed by atoms with van der Waals surface area (Å²) < 4.78 is 10.9. The molecule has 0 bridgehead atoms. The van der Waals surface area contributed by atoms with Crippen LogP contribution in [-0.4, -0.2) is 14.5 Å². The monoisotopic (exact) mass is 744 g/mol. The summed E-state index contributed by atoms with van der Waals surface area (Å²) in [5.41, 5.74) is 14.6. The average Bonchev–Trinajstić information content (AvgIpc) is 3.69. The normalized spacial score (nSPS) is 11.1. The van der Waals surface area contributed by atoms with Gasteiger partial charge in [-0.3, -0.25) is 9.13 Å². The number of benzene rings is 8. The molecule has 0 N–H and O–H groups in total. The Balaban J connectivity index is 0.981. The number of hydrogen-bond acceptors (Lipinski definition) is 3. The smallest absolute Gasteiger partial charge is 0.269 e. The van der Waals surface area contributed by atoms with Crippen LogP contribution in [0.4, 0.5) is 0 Å². The van der Waals surface area contributed by atoms with E-state index in [4.69, 9.17) is 4.74 Å². The first-order valence-electron chi connectivity index (χ1n) is 19.3. The minimum atomic E-state index is 0.711. The Labute approximate surface area is 337 Å². The van der Waals surface area contributed by atoms with E-state index in [1.807, 2.05) is 48.5 Å². The van der Waals surface area contributed by atoms with E-state index >= 15 is 0 Å². The number of rotatable bonds is 9. The molecule has 0 aliphatic rings. The molecule has 0 spiro atoms. The molecule has 274 valence electrons. The highest BCUT2D eigenvalue weighted by molar-refractivity contribution is 5.84. The highest BCUT2D eigenvalue weighted by Crippen LogP contribution is 2.35. The van der Waals surface area contributed by atoms with E-state index in [1.165, 1.54) is 11.1 Å². The van der Waals surface area contributed by atoms with Gasteiger partial charge in [-0.15, -0.1) is 0 Å².